The van der Waals surface area contributed by atoms with Crippen LogP contribution in [0.5, 0.6) is 5.75 Å². The first kappa shape index (κ1) is 10.3. The molecule has 1 aromatic carbocycles. The van der Waals surface area contributed by atoms with Crippen LogP contribution >= 0.6 is 0 Å². The van der Waals surface area contributed by atoms with Crippen molar-refractivity contribution in [1.82, 2.24) is 0 Å². The summed E-state index contributed by atoms with van der Waals surface area (Å²) in [5.41, 5.74) is 0.525. The number of nitriles is 1. The molecular weight excluding hydrogens is 178 g/mol. The molecule has 0 aliphatic heterocycles. The zero-order chi connectivity index (χ0) is 10.4. The minimum Gasteiger partial charge on any atom is -0.494 e. The van der Waals surface area contributed by atoms with Gasteiger partial charge in [0.25, 0.3) is 0 Å². The summed E-state index contributed by atoms with van der Waals surface area (Å²) in [4.78, 5) is 11.3. The van der Waals surface area contributed by atoms with Gasteiger partial charge in [0.1, 0.15) is 5.75 Å². The lowest BCUT2D eigenvalue weighted by atomic mass is 10.1. The first-order chi connectivity index (χ1) is 6.77. The van der Waals surface area contributed by atoms with E-state index in [2.05, 4.69) is 0 Å². The molecule has 0 aromatic heterocycles. The Morgan fingerprint density at radius 3 is 3.00 bits per heavy atom. The molecule has 0 aliphatic rings. The maximum Gasteiger partial charge on any atom is 0.177 e. The molecule has 72 valence electrons. The third kappa shape index (κ3) is 2.60. The summed E-state index contributed by atoms with van der Waals surface area (Å²) in [6.45, 7) is 2.44. The first-order valence-corrected chi connectivity index (χ1v) is 4.41. The molecule has 0 fully saturated rings. The number of carbonyl (C=O) groups is 1. The van der Waals surface area contributed by atoms with Gasteiger partial charge in [-0.25, -0.2) is 0 Å². The zero-order valence-electron chi connectivity index (χ0n) is 7.99. The predicted molar refractivity (Wildman–Crippen MR) is 52.2 cm³/mol. The number of Topliss-reactive ketones (excluding diaryl/α,β-unsaturated/α-hetero) is 1. The Balaban J connectivity index is 2.83. The Morgan fingerprint density at radius 2 is 2.36 bits per heavy atom. The average Bonchev–Trinajstić information content (AvgIpc) is 2.19. The molecule has 0 N–H and O–H groups in total. The lowest BCUT2D eigenvalue weighted by Gasteiger charge is -2.03. The molecule has 1 aromatic rings. The number of ether oxygens (including phenoxy) is 1. The number of nitrogens with zero attached hydrogens (tertiary/aromatic N) is 1. The smallest absolute Gasteiger partial charge is 0.177 e. The van der Waals surface area contributed by atoms with Gasteiger partial charge in [-0.1, -0.05) is 12.1 Å². The zero-order valence-corrected chi connectivity index (χ0v) is 7.99. The molecule has 0 aliphatic carbocycles. The Hall–Kier alpha value is -1.82. The van der Waals surface area contributed by atoms with Crippen LogP contribution < -0.4 is 4.74 Å². The van der Waals surface area contributed by atoms with E-state index in [1.165, 1.54) is 0 Å². The summed E-state index contributed by atoms with van der Waals surface area (Å²) in [6, 6.07) is 8.70. The highest BCUT2D eigenvalue weighted by Gasteiger charge is 2.05. The SMILES string of the molecule is CCOc1cccc(C(=O)CC#N)c1. The summed E-state index contributed by atoms with van der Waals surface area (Å²) in [6.07, 6.45) is -0.0877. The van der Waals surface area contributed by atoms with E-state index in [-0.39, 0.29) is 12.2 Å². The Morgan fingerprint density at radius 1 is 1.57 bits per heavy atom. The van der Waals surface area contributed by atoms with Crippen molar-refractivity contribution in [3.63, 3.8) is 0 Å². The van der Waals surface area contributed by atoms with Crippen molar-refractivity contribution in [2.75, 3.05) is 6.61 Å². The molecule has 0 radical (unpaired) electrons. The maximum absolute atomic E-state index is 11.3. The minimum atomic E-state index is -0.172. The second kappa shape index (κ2) is 5.03. The number of hydrogen-bond donors (Lipinski definition) is 0. The van der Waals surface area contributed by atoms with Crippen LogP contribution in [0.2, 0.25) is 0 Å². The first-order valence-electron chi connectivity index (χ1n) is 4.41. The lowest BCUT2D eigenvalue weighted by Crippen LogP contribution is -1.98. The second-order valence-electron chi connectivity index (χ2n) is 2.72. The monoisotopic (exact) mass is 189 g/mol. The van der Waals surface area contributed by atoms with E-state index in [1.807, 2.05) is 13.0 Å². The van der Waals surface area contributed by atoms with Gasteiger partial charge in [0.2, 0.25) is 0 Å². The molecule has 0 spiro atoms. The molecule has 3 nitrogen and oxygen atoms in total. The van der Waals surface area contributed by atoms with Crippen LogP contribution in [0.4, 0.5) is 0 Å². The van der Waals surface area contributed by atoms with Gasteiger partial charge in [-0.05, 0) is 19.1 Å². The third-order valence-corrected chi connectivity index (χ3v) is 1.71. The summed E-state index contributed by atoms with van der Waals surface area (Å²) >= 11 is 0. The van der Waals surface area contributed by atoms with Crippen LogP contribution in [0.3, 0.4) is 0 Å². The fourth-order valence-electron chi connectivity index (χ4n) is 1.10. The van der Waals surface area contributed by atoms with Gasteiger partial charge >= 0.3 is 0 Å². The molecule has 14 heavy (non-hydrogen) atoms. The number of hydrogen-bond acceptors (Lipinski definition) is 3. The molecule has 0 amide bonds. The van der Waals surface area contributed by atoms with E-state index in [9.17, 15) is 4.79 Å². The van der Waals surface area contributed by atoms with E-state index in [0.29, 0.717) is 17.9 Å². The second-order valence-corrected chi connectivity index (χ2v) is 2.72. The van der Waals surface area contributed by atoms with Crippen LogP contribution in [0, 0.1) is 11.3 Å². The van der Waals surface area contributed by atoms with Crippen molar-refractivity contribution in [3.8, 4) is 11.8 Å². The van der Waals surface area contributed by atoms with Crippen LogP contribution in [0.25, 0.3) is 0 Å². The molecule has 0 saturated carbocycles. The Bertz CT molecular complexity index is 366. The van der Waals surface area contributed by atoms with Gasteiger partial charge in [0.05, 0.1) is 19.1 Å². The maximum atomic E-state index is 11.3. The molecule has 0 bridgehead atoms. The summed E-state index contributed by atoms with van der Waals surface area (Å²) in [5, 5.41) is 8.37. The predicted octanol–water partition coefficient (Wildman–Crippen LogP) is 2.18. The number of ketones is 1. The van der Waals surface area contributed by atoms with Gasteiger partial charge in [-0.2, -0.15) is 5.26 Å². The van der Waals surface area contributed by atoms with E-state index in [0.717, 1.165) is 0 Å². The summed E-state index contributed by atoms with van der Waals surface area (Å²) in [5.74, 6) is 0.491. The van der Waals surface area contributed by atoms with Crippen molar-refractivity contribution in [2.45, 2.75) is 13.3 Å². The van der Waals surface area contributed by atoms with Crippen LogP contribution in [-0.2, 0) is 0 Å². The summed E-state index contributed by atoms with van der Waals surface area (Å²) in [7, 11) is 0. The minimum absolute atomic E-state index is 0.0877. The van der Waals surface area contributed by atoms with Crippen molar-refractivity contribution in [1.29, 1.82) is 5.26 Å². The van der Waals surface area contributed by atoms with Crippen molar-refractivity contribution >= 4 is 5.78 Å². The molecule has 0 unspecified atom stereocenters. The van der Waals surface area contributed by atoms with Gasteiger partial charge in [0.15, 0.2) is 5.78 Å². The largest absolute Gasteiger partial charge is 0.494 e. The third-order valence-electron chi connectivity index (χ3n) is 1.71. The van der Waals surface area contributed by atoms with Crippen LogP contribution in [0.1, 0.15) is 23.7 Å². The molecule has 0 saturated heterocycles. The van der Waals surface area contributed by atoms with Crippen molar-refractivity contribution in [3.05, 3.63) is 29.8 Å². The highest BCUT2D eigenvalue weighted by Crippen LogP contribution is 2.14. The van der Waals surface area contributed by atoms with Gasteiger partial charge in [0, 0.05) is 5.56 Å². The number of benzene rings is 1. The molecule has 1 rings (SSSR count). The number of carbonyl (C=O) groups excluding carboxylic acids is 1. The lowest BCUT2D eigenvalue weighted by molar-refractivity contribution is 0.0997. The molecule has 3 heteroatoms. The van der Waals surface area contributed by atoms with Crippen LogP contribution in [-0.4, -0.2) is 12.4 Å². The highest BCUT2D eigenvalue weighted by molar-refractivity contribution is 5.97. The van der Waals surface area contributed by atoms with E-state index in [1.54, 1.807) is 24.3 Å². The molecule has 0 atom stereocenters. The average molecular weight is 189 g/mol. The van der Waals surface area contributed by atoms with E-state index in [4.69, 9.17) is 10.00 Å². The number of rotatable bonds is 4. The molecular formula is C11H11NO2. The van der Waals surface area contributed by atoms with Crippen LogP contribution in [0.15, 0.2) is 24.3 Å². The Kier molecular flexibility index (Phi) is 3.69. The van der Waals surface area contributed by atoms with Gasteiger partial charge in [-0.15, -0.1) is 0 Å². The van der Waals surface area contributed by atoms with E-state index < -0.39 is 0 Å². The highest BCUT2D eigenvalue weighted by atomic mass is 16.5. The standard InChI is InChI=1S/C11H11NO2/c1-2-14-10-5-3-4-9(8-10)11(13)6-7-12/h3-5,8H,2,6H2,1H3. The normalized spacial score (nSPS) is 9.14. The van der Waals surface area contributed by atoms with Gasteiger partial charge in [-0.3, -0.25) is 4.79 Å². The van der Waals surface area contributed by atoms with Crippen molar-refractivity contribution in [2.24, 2.45) is 0 Å². The van der Waals surface area contributed by atoms with Crippen molar-refractivity contribution < 1.29 is 9.53 Å². The molecule has 0 heterocycles. The van der Waals surface area contributed by atoms with Gasteiger partial charge < -0.3 is 4.74 Å². The fourth-order valence-corrected chi connectivity index (χ4v) is 1.10. The summed E-state index contributed by atoms with van der Waals surface area (Å²) < 4.78 is 5.24. The van der Waals surface area contributed by atoms with E-state index >= 15 is 0 Å². The fraction of sp³-hybridized carbons (Fsp3) is 0.273. The topological polar surface area (TPSA) is 50.1 Å². The quantitative estimate of drug-likeness (QED) is 0.682. The Labute approximate surface area is 82.9 Å².